The molecule has 0 atom stereocenters. The van der Waals surface area contributed by atoms with E-state index in [1.165, 1.54) is 69.8 Å². The third-order valence-corrected chi connectivity index (χ3v) is 4.58. The van der Waals surface area contributed by atoms with Crippen LogP contribution in [-0.2, 0) is 6.42 Å². The molecule has 0 unspecified atom stereocenters. The van der Waals surface area contributed by atoms with Gasteiger partial charge in [0.1, 0.15) is 0 Å². The highest BCUT2D eigenvalue weighted by atomic mass is 16.1. The molecule has 0 saturated carbocycles. The van der Waals surface area contributed by atoms with Crippen molar-refractivity contribution in [2.45, 2.75) is 91.4 Å². The number of unbranched alkanes of at least 4 members (excludes halogenated alkanes) is 9. The second-order valence-corrected chi connectivity index (χ2v) is 7.15. The van der Waals surface area contributed by atoms with Crippen LogP contribution in [0.15, 0.2) is 24.3 Å². The van der Waals surface area contributed by atoms with Gasteiger partial charge in [0.05, 0.1) is 0 Å². The van der Waals surface area contributed by atoms with Gasteiger partial charge in [-0.05, 0) is 18.4 Å². The summed E-state index contributed by atoms with van der Waals surface area (Å²) in [5, 5.41) is 0. The summed E-state index contributed by atoms with van der Waals surface area (Å²) in [7, 11) is 0. The summed E-state index contributed by atoms with van der Waals surface area (Å²) in [6.45, 7) is 6.19. The Labute approximate surface area is 143 Å². The number of hydrogen-bond donors (Lipinski definition) is 0. The third kappa shape index (κ3) is 8.93. The number of aryl methyl sites for hydroxylation is 1. The van der Waals surface area contributed by atoms with Gasteiger partial charge in [-0.2, -0.15) is 0 Å². The van der Waals surface area contributed by atoms with Crippen LogP contribution in [0.4, 0.5) is 0 Å². The number of carbonyl (C=O) groups excluding carboxylic acids is 1. The average molecular weight is 317 g/mol. The lowest BCUT2D eigenvalue weighted by atomic mass is 9.98. The SMILES string of the molecule is CCCCCCCCCCCCc1ccc(C(=O)C(C)C)cc1. The monoisotopic (exact) mass is 316 g/mol. The maximum Gasteiger partial charge on any atom is 0.165 e. The molecule has 130 valence electrons. The molecule has 0 aromatic heterocycles. The molecule has 0 aliphatic heterocycles. The Balaban J connectivity index is 2.06. The fourth-order valence-electron chi connectivity index (χ4n) is 2.99. The molecule has 1 aromatic carbocycles. The topological polar surface area (TPSA) is 17.1 Å². The van der Waals surface area contributed by atoms with E-state index in [0.717, 1.165) is 12.0 Å². The van der Waals surface area contributed by atoms with Crippen LogP contribution in [0.5, 0.6) is 0 Å². The summed E-state index contributed by atoms with van der Waals surface area (Å²) in [5.41, 5.74) is 2.22. The van der Waals surface area contributed by atoms with Crippen LogP contribution >= 0.6 is 0 Å². The van der Waals surface area contributed by atoms with Gasteiger partial charge in [0.2, 0.25) is 0 Å². The van der Waals surface area contributed by atoms with Crippen LogP contribution < -0.4 is 0 Å². The van der Waals surface area contributed by atoms with Crippen LogP contribution in [0, 0.1) is 5.92 Å². The lowest BCUT2D eigenvalue weighted by molar-refractivity contribution is 0.0939. The Bertz CT molecular complexity index is 416. The van der Waals surface area contributed by atoms with E-state index in [1.807, 2.05) is 26.0 Å². The first kappa shape index (κ1) is 19.9. The smallest absolute Gasteiger partial charge is 0.165 e. The molecule has 1 aromatic rings. The molecule has 1 rings (SSSR count). The van der Waals surface area contributed by atoms with Crippen LogP contribution in [0.1, 0.15) is 101 Å². The first-order valence-corrected chi connectivity index (χ1v) is 9.78. The van der Waals surface area contributed by atoms with Crippen molar-refractivity contribution in [2.75, 3.05) is 0 Å². The lowest BCUT2D eigenvalue weighted by Crippen LogP contribution is -2.07. The quantitative estimate of drug-likeness (QED) is 0.283. The highest BCUT2D eigenvalue weighted by molar-refractivity contribution is 5.97. The summed E-state index contributed by atoms with van der Waals surface area (Å²) in [6, 6.07) is 8.24. The van der Waals surface area contributed by atoms with E-state index in [9.17, 15) is 4.79 Å². The molecule has 1 nitrogen and oxygen atoms in total. The first-order valence-electron chi connectivity index (χ1n) is 9.78. The predicted octanol–water partition coefficient (Wildman–Crippen LogP) is 6.99. The number of Topliss-reactive ketones (excluding diaryl/α,β-unsaturated/α-hetero) is 1. The molecule has 0 heterocycles. The highest BCUT2D eigenvalue weighted by Gasteiger charge is 2.09. The van der Waals surface area contributed by atoms with Gasteiger partial charge in [-0.3, -0.25) is 4.79 Å². The second kappa shape index (κ2) is 12.3. The second-order valence-electron chi connectivity index (χ2n) is 7.15. The van der Waals surface area contributed by atoms with Crippen LogP contribution in [-0.4, -0.2) is 5.78 Å². The number of rotatable bonds is 13. The molecular weight excluding hydrogens is 280 g/mol. The molecule has 23 heavy (non-hydrogen) atoms. The largest absolute Gasteiger partial charge is 0.294 e. The van der Waals surface area contributed by atoms with Crippen molar-refractivity contribution in [3.63, 3.8) is 0 Å². The maximum absolute atomic E-state index is 11.9. The number of benzene rings is 1. The normalized spacial score (nSPS) is 11.1. The van der Waals surface area contributed by atoms with Crippen LogP contribution in [0.3, 0.4) is 0 Å². The molecule has 0 aliphatic carbocycles. The Morgan fingerprint density at radius 3 is 1.74 bits per heavy atom. The predicted molar refractivity (Wildman–Crippen MR) is 101 cm³/mol. The summed E-state index contributed by atoms with van der Waals surface area (Å²) < 4.78 is 0. The lowest BCUT2D eigenvalue weighted by Gasteiger charge is -2.06. The van der Waals surface area contributed by atoms with Gasteiger partial charge in [-0.25, -0.2) is 0 Å². The fourth-order valence-corrected chi connectivity index (χ4v) is 2.99. The maximum atomic E-state index is 11.9. The fraction of sp³-hybridized carbons (Fsp3) is 0.682. The molecule has 0 spiro atoms. The van der Waals surface area contributed by atoms with Gasteiger partial charge in [0, 0.05) is 11.5 Å². The zero-order valence-corrected chi connectivity index (χ0v) is 15.6. The molecule has 1 heteroatoms. The molecule has 0 fully saturated rings. The average Bonchev–Trinajstić information content (AvgIpc) is 2.56. The van der Waals surface area contributed by atoms with E-state index in [-0.39, 0.29) is 11.7 Å². The number of hydrogen-bond acceptors (Lipinski definition) is 1. The van der Waals surface area contributed by atoms with Crippen molar-refractivity contribution in [2.24, 2.45) is 5.92 Å². The van der Waals surface area contributed by atoms with Gasteiger partial charge < -0.3 is 0 Å². The van der Waals surface area contributed by atoms with E-state index in [4.69, 9.17) is 0 Å². The van der Waals surface area contributed by atoms with Crippen molar-refractivity contribution in [1.29, 1.82) is 0 Å². The van der Waals surface area contributed by atoms with Crippen molar-refractivity contribution < 1.29 is 4.79 Å². The van der Waals surface area contributed by atoms with Crippen molar-refractivity contribution in [3.05, 3.63) is 35.4 Å². The zero-order chi connectivity index (χ0) is 16.9. The Hall–Kier alpha value is -1.11. The van der Waals surface area contributed by atoms with Crippen LogP contribution in [0.25, 0.3) is 0 Å². The van der Waals surface area contributed by atoms with E-state index in [0.29, 0.717) is 0 Å². The van der Waals surface area contributed by atoms with Crippen molar-refractivity contribution in [1.82, 2.24) is 0 Å². The minimum absolute atomic E-state index is 0.0859. The van der Waals surface area contributed by atoms with E-state index < -0.39 is 0 Å². The van der Waals surface area contributed by atoms with Crippen molar-refractivity contribution >= 4 is 5.78 Å². The summed E-state index contributed by atoms with van der Waals surface area (Å²) >= 11 is 0. The molecule has 0 bridgehead atoms. The Kier molecular flexibility index (Phi) is 10.7. The molecule has 0 amide bonds. The summed E-state index contributed by atoms with van der Waals surface area (Å²) in [5.74, 6) is 0.332. The van der Waals surface area contributed by atoms with Gasteiger partial charge in [0.15, 0.2) is 5.78 Å². The van der Waals surface area contributed by atoms with E-state index in [2.05, 4.69) is 19.1 Å². The standard InChI is InChI=1S/C22H36O/c1-4-5-6-7-8-9-10-11-12-13-14-20-15-17-21(18-16-20)22(23)19(2)3/h15-19H,4-14H2,1-3H3. The summed E-state index contributed by atoms with van der Waals surface area (Å²) in [4.78, 5) is 11.9. The van der Waals surface area contributed by atoms with Gasteiger partial charge >= 0.3 is 0 Å². The van der Waals surface area contributed by atoms with E-state index >= 15 is 0 Å². The van der Waals surface area contributed by atoms with E-state index in [1.54, 1.807) is 0 Å². The molecule has 0 radical (unpaired) electrons. The molecular formula is C22H36O. The van der Waals surface area contributed by atoms with Crippen LogP contribution in [0.2, 0.25) is 0 Å². The minimum Gasteiger partial charge on any atom is -0.294 e. The first-order chi connectivity index (χ1) is 11.1. The van der Waals surface area contributed by atoms with Gasteiger partial charge in [-0.1, -0.05) is 103 Å². The molecule has 0 aliphatic rings. The Morgan fingerprint density at radius 1 is 0.783 bits per heavy atom. The van der Waals surface area contributed by atoms with Gasteiger partial charge in [0.25, 0.3) is 0 Å². The third-order valence-electron chi connectivity index (χ3n) is 4.58. The Morgan fingerprint density at radius 2 is 1.26 bits per heavy atom. The van der Waals surface area contributed by atoms with Gasteiger partial charge in [-0.15, -0.1) is 0 Å². The highest BCUT2D eigenvalue weighted by Crippen LogP contribution is 2.14. The van der Waals surface area contributed by atoms with Crippen molar-refractivity contribution in [3.8, 4) is 0 Å². The zero-order valence-electron chi connectivity index (χ0n) is 15.6. The molecule has 0 saturated heterocycles. The number of carbonyl (C=O) groups is 1. The minimum atomic E-state index is 0.0859. The molecule has 0 N–H and O–H groups in total. The summed E-state index contributed by atoms with van der Waals surface area (Å²) in [6.07, 6.45) is 14.9. The number of ketones is 1.